The van der Waals surface area contributed by atoms with Gasteiger partial charge in [-0.3, -0.25) is 0 Å². The fourth-order valence-corrected chi connectivity index (χ4v) is 3.91. The lowest BCUT2D eigenvalue weighted by atomic mass is 9.97. The van der Waals surface area contributed by atoms with Crippen LogP contribution in [0.15, 0.2) is 41.8 Å². The molecule has 3 rings (SSSR count). The smallest absolute Gasteiger partial charge is 0.315 e. The molecule has 1 fully saturated rings. The van der Waals surface area contributed by atoms with Crippen LogP contribution in [0.5, 0.6) is 0 Å². The summed E-state index contributed by atoms with van der Waals surface area (Å²) >= 11 is 1.71. The quantitative estimate of drug-likeness (QED) is 0.699. The zero-order valence-electron chi connectivity index (χ0n) is 15.0. The number of nitrogens with zero attached hydrogens (tertiary/aromatic N) is 1. The number of carbonyl (C=O) groups is 1. The molecular weight excluding hydrogens is 346 g/mol. The maximum absolute atomic E-state index is 11.9. The molecule has 5 nitrogen and oxygen atoms in total. The second-order valence-electron chi connectivity index (χ2n) is 6.72. The highest BCUT2D eigenvalue weighted by molar-refractivity contribution is 7.09. The van der Waals surface area contributed by atoms with E-state index in [0.29, 0.717) is 25.6 Å². The fraction of sp³-hybridized carbons (Fsp3) is 0.450. The number of piperidine rings is 1. The molecular formula is C20H27N3O2S. The largest absolute Gasteiger partial charge is 0.396 e. The van der Waals surface area contributed by atoms with E-state index in [1.54, 1.807) is 11.3 Å². The standard InChI is InChI=1S/C20H27N3O2S/c24-15-17-8-11-23(12-9-17)18-5-3-16(4-6-18)14-22-20(25)21-10-7-19-2-1-13-26-19/h1-6,13,17,24H,7-12,14-15H2,(H2,21,22,25). The van der Waals surface area contributed by atoms with Crippen LogP contribution >= 0.6 is 11.3 Å². The van der Waals surface area contributed by atoms with Crippen molar-refractivity contribution in [3.05, 3.63) is 52.2 Å². The molecule has 0 unspecified atom stereocenters. The first-order valence-corrected chi connectivity index (χ1v) is 10.1. The van der Waals surface area contributed by atoms with E-state index in [0.717, 1.165) is 37.9 Å². The third-order valence-corrected chi connectivity index (χ3v) is 5.80. The minimum atomic E-state index is -0.128. The van der Waals surface area contributed by atoms with E-state index in [-0.39, 0.29) is 6.03 Å². The van der Waals surface area contributed by atoms with Crippen LogP contribution in [0, 0.1) is 5.92 Å². The Balaban J connectivity index is 1.38. The predicted molar refractivity (Wildman–Crippen MR) is 107 cm³/mol. The van der Waals surface area contributed by atoms with Crippen LogP contribution in [-0.4, -0.2) is 37.4 Å². The Morgan fingerprint density at radius 3 is 2.58 bits per heavy atom. The highest BCUT2D eigenvalue weighted by atomic mass is 32.1. The molecule has 1 aromatic heterocycles. The van der Waals surface area contributed by atoms with E-state index in [9.17, 15) is 9.90 Å². The molecule has 140 valence electrons. The van der Waals surface area contributed by atoms with Gasteiger partial charge in [0.25, 0.3) is 0 Å². The molecule has 1 saturated heterocycles. The van der Waals surface area contributed by atoms with Gasteiger partial charge in [0.1, 0.15) is 0 Å². The molecule has 26 heavy (non-hydrogen) atoms. The number of rotatable bonds is 7. The number of carbonyl (C=O) groups excluding carboxylic acids is 1. The summed E-state index contributed by atoms with van der Waals surface area (Å²) in [4.78, 5) is 15.5. The molecule has 0 bridgehead atoms. The van der Waals surface area contributed by atoms with Gasteiger partial charge in [0.2, 0.25) is 0 Å². The van der Waals surface area contributed by atoms with E-state index < -0.39 is 0 Å². The molecule has 2 amide bonds. The molecule has 3 N–H and O–H groups in total. The summed E-state index contributed by atoms with van der Waals surface area (Å²) in [5.74, 6) is 0.452. The van der Waals surface area contributed by atoms with Crippen LogP contribution in [0.1, 0.15) is 23.3 Å². The number of anilines is 1. The zero-order chi connectivity index (χ0) is 18.2. The third kappa shape index (κ3) is 5.47. The first-order chi connectivity index (χ1) is 12.7. The lowest BCUT2D eigenvalue weighted by Crippen LogP contribution is -2.36. The van der Waals surface area contributed by atoms with Crippen LogP contribution in [0.4, 0.5) is 10.5 Å². The average Bonchev–Trinajstić information content (AvgIpc) is 3.20. The highest BCUT2D eigenvalue weighted by Crippen LogP contribution is 2.23. The maximum atomic E-state index is 11.9. The Morgan fingerprint density at radius 1 is 1.15 bits per heavy atom. The van der Waals surface area contributed by atoms with E-state index in [4.69, 9.17) is 0 Å². The summed E-state index contributed by atoms with van der Waals surface area (Å²) in [6.45, 7) is 3.46. The van der Waals surface area contributed by atoms with Gasteiger partial charge in [-0.2, -0.15) is 0 Å². The Hall–Kier alpha value is -2.05. The van der Waals surface area contributed by atoms with Crippen LogP contribution in [0.2, 0.25) is 0 Å². The Kier molecular flexibility index (Phi) is 6.91. The monoisotopic (exact) mass is 373 g/mol. The Morgan fingerprint density at radius 2 is 1.92 bits per heavy atom. The van der Waals surface area contributed by atoms with E-state index in [1.165, 1.54) is 10.6 Å². The van der Waals surface area contributed by atoms with Crippen molar-refractivity contribution in [3.8, 4) is 0 Å². The number of amides is 2. The van der Waals surface area contributed by atoms with E-state index >= 15 is 0 Å². The topological polar surface area (TPSA) is 64.6 Å². The first kappa shape index (κ1) is 18.7. The van der Waals surface area contributed by atoms with Gasteiger partial charge in [-0.15, -0.1) is 11.3 Å². The summed E-state index contributed by atoms with van der Waals surface area (Å²) in [5.41, 5.74) is 2.30. The van der Waals surface area contributed by atoms with Gasteiger partial charge < -0.3 is 20.6 Å². The van der Waals surface area contributed by atoms with E-state index in [1.807, 2.05) is 11.4 Å². The van der Waals surface area contributed by atoms with Crippen molar-refractivity contribution < 1.29 is 9.90 Å². The molecule has 1 aliphatic rings. The summed E-state index contributed by atoms with van der Waals surface area (Å²) in [6, 6.07) is 12.3. The van der Waals surface area contributed by atoms with Crippen molar-refractivity contribution in [2.75, 3.05) is 31.1 Å². The van der Waals surface area contributed by atoms with E-state index in [2.05, 4.69) is 45.9 Å². The van der Waals surface area contributed by atoms with Crippen molar-refractivity contribution in [2.24, 2.45) is 5.92 Å². The summed E-state index contributed by atoms with van der Waals surface area (Å²) in [5, 5.41) is 17.1. The lowest BCUT2D eigenvalue weighted by molar-refractivity contribution is 0.203. The van der Waals surface area contributed by atoms with Gasteiger partial charge in [0.15, 0.2) is 0 Å². The fourth-order valence-electron chi connectivity index (χ4n) is 3.20. The number of hydrogen-bond donors (Lipinski definition) is 3. The molecule has 0 spiro atoms. The van der Waals surface area contributed by atoms with Gasteiger partial charge >= 0.3 is 6.03 Å². The highest BCUT2D eigenvalue weighted by Gasteiger charge is 2.18. The summed E-state index contributed by atoms with van der Waals surface area (Å²) in [6.07, 6.45) is 2.96. The predicted octanol–water partition coefficient (Wildman–Crippen LogP) is 3.00. The van der Waals surface area contributed by atoms with Crippen molar-refractivity contribution in [3.63, 3.8) is 0 Å². The van der Waals surface area contributed by atoms with Crippen molar-refractivity contribution >= 4 is 23.1 Å². The van der Waals surface area contributed by atoms with Crippen molar-refractivity contribution in [2.45, 2.75) is 25.8 Å². The normalized spacial score (nSPS) is 15.0. The lowest BCUT2D eigenvalue weighted by Gasteiger charge is -2.33. The van der Waals surface area contributed by atoms with Crippen LogP contribution < -0.4 is 15.5 Å². The summed E-state index contributed by atoms with van der Waals surface area (Å²) < 4.78 is 0. The molecule has 1 aromatic carbocycles. The number of nitrogens with one attached hydrogen (secondary N) is 2. The zero-order valence-corrected chi connectivity index (χ0v) is 15.8. The molecule has 0 saturated carbocycles. The summed E-state index contributed by atoms with van der Waals surface area (Å²) in [7, 11) is 0. The minimum Gasteiger partial charge on any atom is -0.396 e. The molecule has 1 aliphatic heterocycles. The number of aliphatic hydroxyl groups is 1. The Labute approximate surface area is 159 Å². The van der Waals surface area contributed by atoms with Gasteiger partial charge in [0, 0.05) is 43.4 Å². The molecule has 0 aliphatic carbocycles. The van der Waals surface area contributed by atoms with Crippen molar-refractivity contribution in [1.29, 1.82) is 0 Å². The molecule has 0 radical (unpaired) electrons. The third-order valence-electron chi connectivity index (χ3n) is 4.86. The van der Waals surface area contributed by atoms with Gasteiger partial charge in [-0.1, -0.05) is 18.2 Å². The van der Waals surface area contributed by atoms with Crippen LogP contribution in [0.3, 0.4) is 0 Å². The second kappa shape index (κ2) is 9.59. The van der Waals surface area contributed by atoms with Gasteiger partial charge in [-0.05, 0) is 54.3 Å². The average molecular weight is 374 g/mol. The number of urea groups is 1. The van der Waals surface area contributed by atoms with Crippen molar-refractivity contribution in [1.82, 2.24) is 10.6 Å². The van der Waals surface area contributed by atoms with Gasteiger partial charge in [0.05, 0.1) is 0 Å². The SMILES string of the molecule is O=C(NCCc1cccs1)NCc1ccc(N2CCC(CO)CC2)cc1. The molecule has 2 aromatic rings. The number of benzene rings is 1. The number of hydrogen-bond acceptors (Lipinski definition) is 4. The molecule has 2 heterocycles. The minimum absolute atomic E-state index is 0.128. The Bertz CT molecular complexity index is 665. The van der Waals surface area contributed by atoms with Crippen LogP contribution in [-0.2, 0) is 13.0 Å². The maximum Gasteiger partial charge on any atom is 0.315 e. The van der Waals surface area contributed by atoms with Gasteiger partial charge in [-0.25, -0.2) is 4.79 Å². The second-order valence-corrected chi connectivity index (χ2v) is 7.75. The molecule has 6 heteroatoms. The number of aliphatic hydroxyl groups excluding tert-OH is 1. The van der Waals surface area contributed by atoms with Crippen LogP contribution in [0.25, 0.3) is 0 Å². The molecule has 0 atom stereocenters. The first-order valence-electron chi connectivity index (χ1n) is 9.23. The number of thiophene rings is 1.